The lowest BCUT2D eigenvalue weighted by atomic mass is 10.1. The van der Waals surface area contributed by atoms with E-state index in [4.69, 9.17) is 5.26 Å². The van der Waals surface area contributed by atoms with Gasteiger partial charge in [-0.1, -0.05) is 12.1 Å². The van der Waals surface area contributed by atoms with Crippen molar-refractivity contribution in [2.75, 3.05) is 5.32 Å². The molecule has 1 aromatic carbocycles. The second-order valence-corrected chi connectivity index (χ2v) is 5.51. The first-order valence-corrected chi connectivity index (χ1v) is 6.85. The number of thiophene rings is 1. The zero-order valence-electron chi connectivity index (χ0n) is 9.33. The van der Waals surface area contributed by atoms with E-state index in [1.165, 1.54) is 4.88 Å². The zero-order chi connectivity index (χ0) is 12.3. The highest BCUT2D eigenvalue weighted by Crippen LogP contribution is 2.25. The lowest BCUT2D eigenvalue weighted by Gasteiger charge is -2.10. The number of nitrogens with zero attached hydrogens (tertiary/aromatic N) is 1. The molecule has 86 valence electrons. The zero-order valence-corrected chi connectivity index (χ0v) is 11.7. The summed E-state index contributed by atoms with van der Waals surface area (Å²) in [6, 6.07) is 9.98. The predicted octanol–water partition coefficient (Wildman–Crippen LogP) is 4.30. The summed E-state index contributed by atoms with van der Waals surface area (Å²) in [5.41, 5.74) is 2.71. The number of hydrogen-bond donors (Lipinski definition) is 1. The van der Waals surface area contributed by atoms with Crippen molar-refractivity contribution < 1.29 is 0 Å². The summed E-state index contributed by atoms with van der Waals surface area (Å²) >= 11 is 5.20. The van der Waals surface area contributed by atoms with Crippen LogP contribution in [0.5, 0.6) is 0 Å². The van der Waals surface area contributed by atoms with E-state index in [9.17, 15) is 0 Å². The molecule has 0 bridgehead atoms. The monoisotopic (exact) mass is 306 g/mol. The summed E-state index contributed by atoms with van der Waals surface area (Å²) in [6.07, 6.45) is 0. The molecule has 0 aliphatic rings. The van der Waals surface area contributed by atoms with Crippen molar-refractivity contribution in [3.05, 3.63) is 50.1 Å². The number of anilines is 1. The van der Waals surface area contributed by atoms with Gasteiger partial charge in [0.2, 0.25) is 0 Å². The molecule has 1 heterocycles. The molecule has 1 N–H and O–H groups in total. The number of halogens is 1. The number of benzene rings is 1. The van der Waals surface area contributed by atoms with Gasteiger partial charge in [-0.05, 0) is 45.9 Å². The highest BCUT2D eigenvalue weighted by Gasteiger charge is 2.06. The summed E-state index contributed by atoms with van der Waals surface area (Å²) in [5.74, 6) is 0. The van der Waals surface area contributed by atoms with E-state index in [2.05, 4.69) is 27.3 Å². The lowest BCUT2D eigenvalue weighted by molar-refractivity contribution is 1.16. The number of nitrogens with one attached hydrogen (secondary N) is 1. The number of para-hydroxylation sites is 1. The Morgan fingerprint density at radius 2 is 2.24 bits per heavy atom. The molecule has 2 rings (SSSR count). The van der Waals surface area contributed by atoms with Crippen LogP contribution in [0.4, 0.5) is 5.69 Å². The first kappa shape index (κ1) is 12.2. The summed E-state index contributed by atoms with van der Waals surface area (Å²) < 4.78 is 1.11. The van der Waals surface area contributed by atoms with Crippen molar-refractivity contribution in [3.8, 4) is 6.07 Å². The van der Waals surface area contributed by atoms with Gasteiger partial charge in [-0.2, -0.15) is 5.26 Å². The third kappa shape index (κ3) is 2.68. The summed E-state index contributed by atoms with van der Waals surface area (Å²) in [7, 11) is 0. The van der Waals surface area contributed by atoms with Gasteiger partial charge in [0.1, 0.15) is 6.07 Å². The van der Waals surface area contributed by atoms with E-state index in [0.29, 0.717) is 5.56 Å². The Morgan fingerprint density at radius 3 is 2.88 bits per heavy atom. The van der Waals surface area contributed by atoms with Crippen LogP contribution in [0.2, 0.25) is 0 Å². The van der Waals surface area contributed by atoms with Gasteiger partial charge in [-0.3, -0.25) is 0 Å². The third-order valence-electron chi connectivity index (χ3n) is 2.51. The van der Waals surface area contributed by atoms with Crippen LogP contribution >= 0.6 is 27.3 Å². The molecule has 17 heavy (non-hydrogen) atoms. The van der Waals surface area contributed by atoms with Crippen molar-refractivity contribution in [1.82, 2.24) is 0 Å². The van der Waals surface area contributed by atoms with Crippen molar-refractivity contribution in [1.29, 1.82) is 5.26 Å². The average Bonchev–Trinajstić information content (AvgIpc) is 2.73. The van der Waals surface area contributed by atoms with E-state index in [-0.39, 0.29) is 0 Å². The molecule has 0 unspecified atom stereocenters. The topological polar surface area (TPSA) is 35.8 Å². The molecule has 0 amide bonds. The van der Waals surface area contributed by atoms with Crippen molar-refractivity contribution in [2.45, 2.75) is 13.5 Å². The molecule has 0 fully saturated rings. The van der Waals surface area contributed by atoms with Crippen LogP contribution in [0.15, 0.2) is 34.1 Å². The van der Waals surface area contributed by atoms with Crippen molar-refractivity contribution >= 4 is 33.0 Å². The highest BCUT2D eigenvalue weighted by molar-refractivity contribution is 9.10. The van der Waals surface area contributed by atoms with Crippen LogP contribution < -0.4 is 5.32 Å². The third-order valence-corrected chi connectivity index (χ3v) is 4.44. The Hall–Kier alpha value is -1.31. The van der Waals surface area contributed by atoms with Gasteiger partial charge >= 0.3 is 0 Å². The fraction of sp³-hybridized carbons (Fsp3) is 0.154. The first-order valence-electron chi connectivity index (χ1n) is 5.18. The SMILES string of the molecule is Cc1cccc(C#N)c1NCc1sccc1Br. The van der Waals surface area contributed by atoms with Gasteiger partial charge in [-0.15, -0.1) is 11.3 Å². The van der Waals surface area contributed by atoms with Crippen LogP contribution in [0.25, 0.3) is 0 Å². The van der Waals surface area contributed by atoms with Gasteiger partial charge in [0.05, 0.1) is 17.8 Å². The highest BCUT2D eigenvalue weighted by atomic mass is 79.9. The standard InChI is InChI=1S/C13H11BrN2S/c1-9-3-2-4-10(7-15)13(9)16-8-12-11(14)5-6-17-12/h2-6,16H,8H2,1H3. The molecule has 0 aliphatic heterocycles. The molecular weight excluding hydrogens is 296 g/mol. The molecule has 0 spiro atoms. The van der Waals surface area contributed by atoms with Gasteiger partial charge in [0, 0.05) is 9.35 Å². The molecule has 0 aliphatic carbocycles. The first-order chi connectivity index (χ1) is 8.22. The van der Waals surface area contributed by atoms with Gasteiger partial charge in [-0.25, -0.2) is 0 Å². The van der Waals surface area contributed by atoms with Crippen molar-refractivity contribution in [2.24, 2.45) is 0 Å². The average molecular weight is 307 g/mol. The number of hydrogen-bond acceptors (Lipinski definition) is 3. The normalized spacial score (nSPS) is 9.94. The molecule has 4 heteroatoms. The van der Waals surface area contributed by atoms with Gasteiger partial charge in [0.25, 0.3) is 0 Å². The maximum absolute atomic E-state index is 9.06. The van der Waals surface area contributed by atoms with E-state index in [1.807, 2.05) is 36.6 Å². The van der Waals surface area contributed by atoms with E-state index >= 15 is 0 Å². The minimum atomic E-state index is 0.692. The molecule has 0 atom stereocenters. The van der Waals surface area contributed by atoms with E-state index in [1.54, 1.807) is 11.3 Å². The van der Waals surface area contributed by atoms with E-state index < -0.39 is 0 Å². The number of nitriles is 1. The Morgan fingerprint density at radius 1 is 1.41 bits per heavy atom. The molecule has 0 saturated carbocycles. The summed E-state index contributed by atoms with van der Waals surface area (Å²) in [4.78, 5) is 1.23. The molecule has 1 aromatic heterocycles. The maximum atomic E-state index is 9.06. The summed E-state index contributed by atoms with van der Waals surface area (Å²) in [6.45, 7) is 2.74. The molecule has 2 nitrogen and oxygen atoms in total. The smallest absolute Gasteiger partial charge is 0.101 e. The molecule has 0 saturated heterocycles. The second kappa shape index (κ2) is 5.35. The Bertz CT molecular complexity index is 569. The van der Waals surface area contributed by atoms with Crippen LogP contribution in [0.1, 0.15) is 16.0 Å². The van der Waals surface area contributed by atoms with Crippen LogP contribution in [-0.2, 0) is 6.54 Å². The molecular formula is C13H11BrN2S. The summed E-state index contributed by atoms with van der Waals surface area (Å²) in [5, 5.41) is 14.4. The fourth-order valence-corrected chi connectivity index (χ4v) is 3.05. The minimum absolute atomic E-state index is 0.692. The Labute approximate surface area is 113 Å². The predicted molar refractivity (Wildman–Crippen MR) is 75.2 cm³/mol. The molecule has 0 radical (unpaired) electrons. The van der Waals surface area contributed by atoms with Gasteiger partial charge in [0.15, 0.2) is 0 Å². The van der Waals surface area contributed by atoms with Crippen molar-refractivity contribution in [3.63, 3.8) is 0 Å². The van der Waals surface area contributed by atoms with Crippen LogP contribution in [0.3, 0.4) is 0 Å². The largest absolute Gasteiger partial charge is 0.379 e. The minimum Gasteiger partial charge on any atom is -0.379 e. The Kier molecular flexibility index (Phi) is 3.82. The van der Waals surface area contributed by atoms with Crippen LogP contribution in [0, 0.1) is 18.3 Å². The Balaban J connectivity index is 2.20. The lowest BCUT2D eigenvalue weighted by Crippen LogP contribution is -2.02. The van der Waals surface area contributed by atoms with Crippen LogP contribution in [-0.4, -0.2) is 0 Å². The second-order valence-electron chi connectivity index (χ2n) is 3.65. The fourth-order valence-electron chi connectivity index (χ4n) is 1.62. The number of rotatable bonds is 3. The number of aryl methyl sites for hydroxylation is 1. The molecule has 2 aromatic rings. The van der Waals surface area contributed by atoms with Gasteiger partial charge < -0.3 is 5.32 Å². The quantitative estimate of drug-likeness (QED) is 0.917. The maximum Gasteiger partial charge on any atom is 0.101 e. The van der Waals surface area contributed by atoms with E-state index in [0.717, 1.165) is 22.3 Å².